The van der Waals surface area contributed by atoms with Crippen LogP contribution in [0.1, 0.15) is 33.6 Å². The van der Waals surface area contributed by atoms with Crippen LogP contribution in [-0.2, 0) is 0 Å². The van der Waals surface area contributed by atoms with Crippen molar-refractivity contribution in [2.24, 2.45) is 0 Å². The molecule has 0 aliphatic rings. The summed E-state index contributed by atoms with van der Waals surface area (Å²) >= 11 is 0. The molecule has 0 atom stereocenters. The van der Waals surface area contributed by atoms with Crippen molar-refractivity contribution in [2.75, 3.05) is 0 Å². The van der Waals surface area contributed by atoms with E-state index in [0.717, 1.165) is 29.6 Å². The highest BCUT2D eigenvalue weighted by molar-refractivity contribution is 5.74. The third-order valence-electron chi connectivity index (χ3n) is 2.67. The maximum atomic E-state index is 5.95. The Kier molecular flexibility index (Phi) is 3.27. The summed E-state index contributed by atoms with van der Waals surface area (Å²) in [6.07, 6.45) is 5.66. The Hall–Kier alpha value is -1.64. The molecule has 0 saturated heterocycles. The summed E-state index contributed by atoms with van der Waals surface area (Å²) in [6, 6.07) is 5.78. The van der Waals surface area contributed by atoms with Crippen molar-refractivity contribution >= 4 is 11.0 Å². The van der Waals surface area contributed by atoms with Gasteiger partial charge in [-0.2, -0.15) is 0 Å². The number of rotatable bonds is 4. The predicted molar refractivity (Wildman–Crippen MR) is 69.2 cm³/mol. The van der Waals surface area contributed by atoms with Gasteiger partial charge in [-0.05, 0) is 32.4 Å². The molecule has 17 heavy (non-hydrogen) atoms. The topological polar surface area (TPSA) is 35.0 Å². The van der Waals surface area contributed by atoms with Gasteiger partial charge in [-0.3, -0.25) is 9.97 Å². The summed E-state index contributed by atoms with van der Waals surface area (Å²) in [7, 11) is 0. The van der Waals surface area contributed by atoms with Crippen molar-refractivity contribution in [2.45, 2.75) is 39.2 Å². The van der Waals surface area contributed by atoms with Crippen molar-refractivity contribution in [1.29, 1.82) is 0 Å². The number of hydrogen-bond donors (Lipinski definition) is 0. The van der Waals surface area contributed by atoms with Gasteiger partial charge >= 0.3 is 0 Å². The molecule has 0 N–H and O–H groups in total. The van der Waals surface area contributed by atoms with Crippen LogP contribution in [0.3, 0.4) is 0 Å². The second kappa shape index (κ2) is 4.70. The molecule has 0 saturated carbocycles. The summed E-state index contributed by atoms with van der Waals surface area (Å²) in [5.74, 6) is 0.787. The Balaban J connectivity index is 2.25. The van der Waals surface area contributed by atoms with Crippen LogP contribution in [0.4, 0.5) is 0 Å². The van der Waals surface area contributed by atoms with E-state index in [9.17, 15) is 0 Å². The molecule has 0 radical (unpaired) electrons. The monoisotopic (exact) mass is 230 g/mol. The standard InChI is InChI=1S/C14H18N2O/c1-4-7-14(2,3)17-11-9-13-12(16-10-11)6-5-8-15-13/h5-6,8-10H,4,7H2,1-3H3. The lowest BCUT2D eigenvalue weighted by Gasteiger charge is -2.25. The van der Waals surface area contributed by atoms with Gasteiger partial charge in [0.15, 0.2) is 0 Å². The average Bonchev–Trinajstić information content (AvgIpc) is 2.28. The minimum Gasteiger partial charge on any atom is -0.486 e. The molecule has 2 rings (SSSR count). The van der Waals surface area contributed by atoms with E-state index in [1.54, 1.807) is 12.4 Å². The Morgan fingerprint density at radius 2 is 2.06 bits per heavy atom. The number of ether oxygens (including phenoxy) is 1. The molecular formula is C14H18N2O. The van der Waals surface area contributed by atoms with Crippen LogP contribution < -0.4 is 4.74 Å². The molecule has 0 aromatic carbocycles. The highest BCUT2D eigenvalue weighted by atomic mass is 16.5. The van der Waals surface area contributed by atoms with Crippen LogP contribution in [-0.4, -0.2) is 15.6 Å². The maximum absolute atomic E-state index is 5.95. The second-order valence-corrected chi connectivity index (χ2v) is 4.82. The molecule has 0 bridgehead atoms. The number of hydrogen-bond acceptors (Lipinski definition) is 3. The zero-order chi connectivity index (χ0) is 12.3. The van der Waals surface area contributed by atoms with Crippen LogP contribution in [0.5, 0.6) is 5.75 Å². The molecule has 0 spiro atoms. The third-order valence-corrected chi connectivity index (χ3v) is 2.67. The van der Waals surface area contributed by atoms with E-state index in [1.807, 2.05) is 18.2 Å². The van der Waals surface area contributed by atoms with Crippen molar-refractivity contribution in [3.63, 3.8) is 0 Å². The maximum Gasteiger partial charge on any atom is 0.140 e. The van der Waals surface area contributed by atoms with Gasteiger partial charge in [0.25, 0.3) is 0 Å². The SMILES string of the molecule is CCCC(C)(C)Oc1cnc2cccnc2c1. The molecule has 0 fully saturated rings. The summed E-state index contributed by atoms with van der Waals surface area (Å²) in [5.41, 5.74) is 1.62. The third kappa shape index (κ3) is 2.93. The van der Waals surface area contributed by atoms with E-state index in [-0.39, 0.29) is 5.60 Å². The molecule has 0 aliphatic carbocycles. The zero-order valence-electron chi connectivity index (χ0n) is 10.6. The van der Waals surface area contributed by atoms with Crippen LogP contribution in [0.25, 0.3) is 11.0 Å². The minimum atomic E-state index is -0.154. The highest BCUT2D eigenvalue weighted by Crippen LogP contribution is 2.23. The minimum absolute atomic E-state index is 0.154. The van der Waals surface area contributed by atoms with Gasteiger partial charge in [0.05, 0.1) is 17.2 Å². The Morgan fingerprint density at radius 3 is 2.82 bits per heavy atom. The molecule has 90 valence electrons. The fourth-order valence-corrected chi connectivity index (χ4v) is 1.96. The van der Waals surface area contributed by atoms with E-state index in [4.69, 9.17) is 4.74 Å². The van der Waals surface area contributed by atoms with Gasteiger partial charge in [-0.25, -0.2) is 0 Å². The number of fused-ring (bicyclic) bond motifs is 1. The van der Waals surface area contributed by atoms with Crippen LogP contribution in [0, 0.1) is 0 Å². The normalized spacial score (nSPS) is 11.7. The smallest absolute Gasteiger partial charge is 0.140 e. The van der Waals surface area contributed by atoms with E-state index in [2.05, 4.69) is 30.7 Å². The first-order chi connectivity index (χ1) is 8.11. The fraction of sp³-hybridized carbons (Fsp3) is 0.429. The van der Waals surface area contributed by atoms with Gasteiger partial charge < -0.3 is 4.74 Å². The van der Waals surface area contributed by atoms with Gasteiger partial charge in [0.2, 0.25) is 0 Å². The summed E-state index contributed by atoms with van der Waals surface area (Å²) in [5, 5.41) is 0. The Bertz CT molecular complexity index is 508. The van der Waals surface area contributed by atoms with E-state index >= 15 is 0 Å². The molecule has 0 amide bonds. The van der Waals surface area contributed by atoms with E-state index < -0.39 is 0 Å². The van der Waals surface area contributed by atoms with Crippen LogP contribution >= 0.6 is 0 Å². The molecular weight excluding hydrogens is 212 g/mol. The zero-order valence-corrected chi connectivity index (χ0v) is 10.6. The summed E-state index contributed by atoms with van der Waals surface area (Å²) in [6.45, 7) is 6.35. The predicted octanol–water partition coefficient (Wildman–Crippen LogP) is 3.59. The summed E-state index contributed by atoms with van der Waals surface area (Å²) in [4.78, 5) is 8.61. The fourth-order valence-electron chi connectivity index (χ4n) is 1.96. The first-order valence-electron chi connectivity index (χ1n) is 6.00. The van der Waals surface area contributed by atoms with Gasteiger partial charge in [-0.15, -0.1) is 0 Å². The average molecular weight is 230 g/mol. The lowest BCUT2D eigenvalue weighted by molar-refractivity contribution is 0.0983. The highest BCUT2D eigenvalue weighted by Gasteiger charge is 2.18. The Morgan fingerprint density at radius 1 is 1.24 bits per heavy atom. The second-order valence-electron chi connectivity index (χ2n) is 4.82. The van der Waals surface area contributed by atoms with Crippen molar-refractivity contribution in [3.05, 3.63) is 30.6 Å². The van der Waals surface area contributed by atoms with Crippen molar-refractivity contribution < 1.29 is 4.74 Å². The largest absolute Gasteiger partial charge is 0.486 e. The van der Waals surface area contributed by atoms with E-state index in [1.165, 1.54) is 0 Å². The molecule has 2 heterocycles. The van der Waals surface area contributed by atoms with Gasteiger partial charge in [-0.1, -0.05) is 13.3 Å². The lowest BCUT2D eigenvalue weighted by Crippen LogP contribution is -2.27. The molecule has 2 aromatic rings. The van der Waals surface area contributed by atoms with E-state index in [0.29, 0.717) is 0 Å². The van der Waals surface area contributed by atoms with Gasteiger partial charge in [0, 0.05) is 12.3 Å². The number of aromatic nitrogens is 2. The molecule has 0 aliphatic heterocycles. The van der Waals surface area contributed by atoms with Crippen LogP contribution in [0.2, 0.25) is 0 Å². The molecule has 0 unspecified atom stereocenters. The Labute approximate surface area is 102 Å². The molecule has 3 heteroatoms. The first kappa shape index (κ1) is 11.8. The van der Waals surface area contributed by atoms with Crippen molar-refractivity contribution in [3.8, 4) is 5.75 Å². The quantitative estimate of drug-likeness (QED) is 0.805. The van der Waals surface area contributed by atoms with Gasteiger partial charge in [0.1, 0.15) is 11.4 Å². The first-order valence-corrected chi connectivity index (χ1v) is 6.00. The lowest BCUT2D eigenvalue weighted by atomic mass is 10.0. The molecule has 2 aromatic heterocycles. The summed E-state index contributed by atoms with van der Waals surface area (Å²) < 4.78 is 5.95. The number of nitrogens with zero attached hydrogens (tertiary/aromatic N) is 2. The van der Waals surface area contributed by atoms with Crippen molar-refractivity contribution in [1.82, 2.24) is 9.97 Å². The molecule has 3 nitrogen and oxygen atoms in total. The number of pyridine rings is 2. The van der Waals surface area contributed by atoms with Crippen LogP contribution in [0.15, 0.2) is 30.6 Å².